The fraction of sp³-hybridized carbons (Fsp3) is 0.0800. The molecule has 0 aliphatic carbocycles. The Kier molecular flexibility index (Phi) is 6.51. The van der Waals surface area contributed by atoms with Crippen LogP contribution in [-0.2, 0) is 9.59 Å². The fourth-order valence-electron chi connectivity index (χ4n) is 3.47. The van der Waals surface area contributed by atoms with Crippen LogP contribution in [0.5, 0.6) is 11.5 Å². The maximum absolute atomic E-state index is 13.1. The van der Waals surface area contributed by atoms with Gasteiger partial charge in [-0.2, -0.15) is 0 Å². The Balaban J connectivity index is 1.56. The lowest BCUT2D eigenvalue weighted by Crippen LogP contribution is -2.32. The van der Waals surface area contributed by atoms with Gasteiger partial charge in [-0.1, -0.05) is 41.9 Å². The van der Waals surface area contributed by atoms with Gasteiger partial charge in [0.15, 0.2) is 0 Å². The van der Waals surface area contributed by atoms with E-state index in [9.17, 15) is 14.4 Å². The summed E-state index contributed by atoms with van der Waals surface area (Å²) in [4.78, 5) is 39.6. The van der Waals surface area contributed by atoms with Gasteiger partial charge >= 0.3 is 0 Å². The number of rotatable bonds is 7. The molecule has 2 N–H and O–H groups in total. The normalized spacial score (nSPS) is 13.2. The van der Waals surface area contributed by atoms with Crippen LogP contribution in [-0.4, -0.2) is 31.9 Å². The lowest BCUT2D eigenvalue weighted by Gasteiger charge is -2.18. The van der Waals surface area contributed by atoms with Crippen molar-refractivity contribution in [1.29, 1.82) is 0 Å². The summed E-state index contributed by atoms with van der Waals surface area (Å²) >= 11 is 6.23. The van der Waals surface area contributed by atoms with Gasteiger partial charge in [0.2, 0.25) is 0 Å². The second-order valence-electron chi connectivity index (χ2n) is 7.17. The molecule has 0 saturated carbocycles. The number of para-hydroxylation sites is 4. The highest BCUT2D eigenvalue weighted by molar-refractivity contribution is 6.53. The van der Waals surface area contributed by atoms with Crippen molar-refractivity contribution >= 4 is 46.4 Å². The van der Waals surface area contributed by atoms with Gasteiger partial charge in [-0.05, 0) is 42.5 Å². The maximum Gasteiger partial charge on any atom is 0.283 e. The molecule has 0 aromatic heterocycles. The van der Waals surface area contributed by atoms with E-state index in [2.05, 4.69) is 10.6 Å². The minimum absolute atomic E-state index is 0.0974. The van der Waals surface area contributed by atoms with Crippen molar-refractivity contribution in [2.24, 2.45) is 0 Å². The zero-order valence-electron chi connectivity index (χ0n) is 18.3. The molecule has 0 unspecified atom stereocenters. The Morgan fingerprint density at radius 3 is 2.26 bits per heavy atom. The molecule has 34 heavy (non-hydrogen) atoms. The van der Waals surface area contributed by atoms with Crippen molar-refractivity contribution in [3.63, 3.8) is 0 Å². The van der Waals surface area contributed by atoms with E-state index in [1.54, 1.807) is 72.8 Å². The minimum Gasteiger partial charge on any atom is -0.495 e. The molecule has 1 aliphatic heterocycles. The topological polar surface area (TPSA) is 97.0 Å². The summed E-state index contributed by atoms with van der Waals surface area (Å²) < 4.78 is 10.5. The van der Waals surface area contributed by atoms with Crippen LogP contribution in [0.1, 0.15) is 10.4 Å². The van der Waals surface area contributed by atoms with E-state index in [1.807, 2.05) is 0 Å². The third-order valence-corrected chi connectivity index (χ3v) is 5.45. The van der Waals surface area contributed by atoms with Gasteiger partial charge in [0, 0.05) is 11.3 Å². The number of benzene rings is 3. The summed E-state index contributed by atoms with van der Waals surface area (Å²) in [6, 6.07) is 20.1. The molecule has 0 atom stereocenters. The van der Waals surface area contributed by atoms with Gasteiger partial charge < -0.3 is 20.1 Å². The van der Waals surface area contributed by atoms with Crippen LogP contribution in [0, 0.1) is 0 Å². The number of ether oxygens (including phenoxy) is 2. The fourth-order valence-corrected chi connectivity index (χ4v) is 3.68. The number of methoxy groups -OCH3 is 2. The van der Waals surface area contributed by atoms with Gasteiger partial charge in [-0.25, -0.2) is 4.90 Å². The van der Waals surface area contributed by atoms with Crippen molar-refractivity contribution < 1.29 is 23.9 Å². The molecule has 3 aromatic carbocycles. The van der Waals surface area contributed by atoms with Crippen molar-refractivity contribution in [3.8, 4) is 11.5 Å². The number of amides is 3. The molecule has 4 rings (SSSR count). The summed E-state index contributed by atoms with van der Waals surface area (Å²) in [6.45, 7) is 0. The average Bonchev–Trinajstić information content (AvgIpc) is 3.07. The molecule has 0 spiro atoms. The molecule has 8 nitrogen and oxygen atoms in total. The number of nitrogens with one attached hydrogen (secondary N) is 2. The minimum atomic E-state index is -0.677. The van der Waals surface area contributed by atoms with Crippen LogP contribution in [0.25, 0.3) is 0 Å². The van der Waals surface area contributed by atoms with E-state index in [1.165, 1.54) is 14.2 Å². The first kappa shape index (κ1) is 22.9. The second-order valence-corrected chi connectivity index (χ2v) is 7.54. The molecule has 9 heteroatoms. The van der Waals surface area contributed by atoms with Crippen LogP contribution in [0.4, 0.5) is 17.1 Å². The van der Waals surface area contributed by atoms with Crippen LogP contribution in [0.15, 0.2) is 83.5 Å². The summed E-state index contributed by atoms with van der Waals surface area (Å²) in [5, 5.41) is 5.41. The van der Waals surface area contributed by atoms with E-state index in [0.717, 1.165) is 4.90 Å². The highest BCUT2D eigenvalue weighted by Crippen LogP contribution is 2.35. The van der Waals surface area contributed by atoms with E-state index < -0.39 is 11.8 Å². The van der Waals surface area contributed by atoms with Crippen molar-refractivity contribution in [1.82, 2.24) is 0 Å². The lowest BCUT2D eigenvalue weighted by molar-refractivity contribution is -0.120. The Morgan fingerprint density at radius 1 is 0.853 bits per heavy atom. The number of hydrogen-bond acceptors (Lipinski definition) is 6. The lowest BCUT2D eigenvalue weighted by atomic mass is 10.1. The largest absolute Gasteiger partial charge is 0.495 e. The first-order chi connectivity index (χ1) is 16.4. The molecule has 0 bridgehead atoms. The van der Waals surface area contributed by atoms with Crippen LogP contribution in [0.3, 0.4) is 0 Å². The second kappa shape index (κ2) is 9.68. The molecule has 172 valence electrons. The Bertz CT molecular complexity index is 1320. The highest BCUT2D eigenvalue weighted by Gasteiger charge is 2.40. The van der Waals surface area contributed by atoms with E-state index >= 15 is 0 Å². The number of imide groups is 1. The molecule has 3 amide bonds. The van der Waals surface area contributed by atoms with Gasteiger partial charge in [0.25, 0.3) is 17.7 Å². The third-order valence-electron chi connectivity index (χ3n) is 5.10. The van der Waals surface area contributed by atoms with Gasteiger partial charge in [0.1, 0.15) is 22.2 Å². The molecule has 1 aliphatic rings. The predicted molar refractivity (Wildman–Crippen MR) is 129 cm³/mol. The standard InChI is InChI=1S/C25H20ClN3O5/c1-33-19-12-5-3-10-17(19)28-23(30)15-8-7-9-16(14-15)27-22-21(26)24(31)29(25(22)32)18-11-4-6-13-20(18)34-2/h3-14,27H,1-2H3,(H,28,30). The van der Waals surface area contributed by atoms with E-state index in [4.69, 9.17) is 21.1 Å². The number of halogens is 1. The Hall–Kier alpha value is -4.30. The van der Waals surface area contributed by atoms with Crippen molar-refractivity contribution in [3.05, 3.63) is 89.1 Å². The highest BCUT2D eigenvalue weighted by atomic mass is 35.5. The summed E-state index contributed by atoms with van der Waals surface area (Å²) in [6.07, 6.45) is 0. The van der Waals surface area contributed by atoms with E-state index in [-0.39, 0.29) is 22.3 Å². The van der Waals surface area contributed by atoms with Crippen molar-refractivity contribution in [2.45, 2.75) is 0 Å². The SMILES string of the molecule is COc1ccccc1NC(=O)c1cccc(NC2=C(Cl)C(=O)N(c3ccccc3OC)C2=O)c1. The Morgan fingerprint density at radius 2 is 1.53 bits per heavy atom. The molecule has 0 radical (unpaired) electrons. The third kappa shape index (κ3) is 4.31. The van der Waals surface area contributed by atoms with Gasteiger partial charge in [-0.3, -0.25) is 14.4 Å². The van der Waals surface area contributed by atoms with Crippen LogP contribution < -0.4 is 25.0 Å². The van der Waals surface area contributed by atoms with Gasteiger partial charge in [0.05, 0.1) is 25.6 Å². The number of carbonyl (C=O) groups is 3. The number of nitrogens with zero attached hydrogens (tertiary/aromatic N) is 1. The number of anilines is 3. The summed E-state index contributed by atoms with van der Waals surface area (Å²) in [7, 11) is 2.96. The monoisotopic (exact) mass is 477 g/mol. The van der Waals surface area contributed by atoms with Crippen LogP contribution >= 0.6 is 11.6 Å². The first-order valence-electron chi connectivity index (χ1n) is 10.2. The zero-order valence-corrected chi connectivity index (χ0v) is 19.1. The average molecular weight is 478 g/mol. The zero-order chi connectivity index (χ0) is 24.2. The van der Waals surface area contributed by atoms with Crippen LogP contribution in [0.2, 0.25) is 0 Å². The van der Waals surface area contributed by atoms with Gasteiger partial charge in [-0.15, -0.1) is 0 Å². The maximum atomic E-state index is 13.1. The summed E-state index contributed by atoms with van der Waals surface area (Å²) in [5.74, 6) is -0.816. The molecular formula is C25H20ClN3O5. The quantitative estimate of drug-likeness (QED) is 0.490. The predicted octanol–water partition coefficient (Wildman–Crippen LogP) is 4.39. The molecular weight excluding hydrogens is 458 g/mol. The van der Waals surface area contributed by atoms with E-state index in [0.29, 0.717) is 28.4 Å². The molecule has 0 saturated heterocycles. The summed E-state index contributed by atoms with van der Waals surface area (Å²) in [5.41, 5.74) is 1.43. The molecule has 0 fully saturated rings. The number of hydrogen-bond donors (Lipinski definition) is 2. The molecule has 3 aromatic rings. The number of carbonyl (C=O) groups excluding carboxylic acids is 3. The Labute approximate surface area is 200 Å². The molecule has 1 heterocycles. The first-order valence-corrected chi connectivity index (χ1v) is 10.6. The smallest absolute Gasteiger partial charge is 0.283 e. The van der Waals surface area contributed by atoms with Crippen molar-refractivity contribution in [2.75, 3.05) is 29.8 Å².